The summed E-state index contributed by atoms with van der Waals surface area (Å²) in [4.78, 5) is 0. The average Bonchev–Trinajstić information content (AvgIpc) is 2.00. The second kappa shape index (κ2) is 4.96. The van der Waals surface area contributed by atoms with E-state index in [0.29, 0.717) is 0 Å². The minimum atomic E-state index is 0.131. The lowest BCUT2D eigenvalue weighted by Crippen LogP contribution is -2.49. The van der Waals surface area contributed by atoms with Crippen molar-refractivity contribution in [2.45, 2.75) is 25.8 Å². The number of rotatable bonds is 5. The van der Waals surface area contributed by atoms with E-state index in [1.807, 2.05) is 6.92 Å². The quantitative estimate of drug-likeness (QED) is 0.386. The zero-order valence-corrected chi connectivity index (χ0v) is 8.43. The van der Waals surface area contributed by atoms with Crippen LogP contribution in [0.5, 0.6) is 0 Å². The number of nitrogens with zero attached hydrogens (tertiary/aromatic N) is 1. The van der Waals surface area contributed by atoms with Crippen LogP contribution < -0.4 is 0 Å². The van der Waals surface area contributed by atoms with Crippen molar-refractivity contribution >= 4 is 11.6 Å². The van der Waals surface area contributed by atoms with Gasteiger partial charge < -0.3 is 9.59 Å². The van der Waals surface area contributed by atoms with Gasteiger partial charge in [0.1, 0.15) is 0 Å². The first kappa shape index (κ1) is 11.2. The van der Waals surface area contributed by atoms with Crippen LogP contribution in [0.4, 0.5) is 0 Å². The van der Waals surface area contributed by atoms with E-state index >= 15 is 0 Å². The van der Waals surface area contributed by atoms with Gasteiger partial charge >= 0.3 is 0 Å². The van der Waals surface area contributed by atoms with Gasteiger partial charge in [0.25, 0.3) is 0 Å². The molecular weight excluding hydrogens is 162 g/mol. The SMILES string of the molecule is CC[N+](C)(CCCO)C(C)Cl. The molecule has 0 saturated heterocycles. The molecular formula is C8H19ClNO+. The Hall–Kier alpha value is 0.210. The summed E-state index contributed by atoms with van der Waals surface area (Å²) in [6, 6.07) is 0. The molecule has 2 atom stereocenters. The molecule has 11 heavy (non-hydrogen) atoms. The minimum absolute atomic E-state index is 0.131. The Balaban J connectivity index is 3.88. The molecule has 0 aliphatic heterocycles. The van der Waals surface area contributed by atoms with Crippen LogP contribution in [0, 0.1) is 0 Å². The van der Waals surface area contributed by atoms with E-state index < -0.39 is 0 Å². The number of alkyl halides is 1. The highest BCUT2D eigenvalue weighted by Crippen LogP contribution is 2.13. The fraction of sp³-hybridized carbons (Fsp3) is 1.00. The number of quaternary nitrogens is 1. The normalized spacial score (nSPS) is 19.4. The van der Waals surface area contributed by atoms with Crippen LogP contribution in [0.15, 0.2) is 0 Å². The lowest BCUT2D eigenvalue weighted by Gasteiger charge is -2.35. The van der Waals surface area contributed by atoms with Crippen LogP contribution in [0.2, 0.25) is 0 Å². The van der Waals surface area contributed by atoms with Crippen molar-refractivity contribution < 1.29 is 9.59 Å². The lowest BCUT2D eigenvalue weighted by molar-refractivity contribution is -0.917. The molecule has 1 N–H and O–H groups in total. The maximum absolute atomic E-state index is 8.65. The summed E-state index contributed by atoms with van der Waals surface area (Å²) in [5.41, 5.74) is 0.131. The summed E-state index contributed by atoms with van der Waals surface area (Å²) in [7, 11) is 2.12. The zero-order valence-electron chi connectivity index (χ0n) is 7.68. The molecule has 0 bridgehead atoms. The van der Waals surface area contributed by atoms with Crippen LogP contribution in [-0.2, 0) is 0 Å². The summed E-state index contributed by atoms with van der Waals surface area (Å²) >= 11 is 6.01. The second-order valence-electron chi connectivity index (χ2n) is 3.17. The highest BCUT2D eigenvalue weighted by Gasteiger charge is 2.24. The molecule has 0 rings (SSSR count). The predicted octanol–water partition coefficient (Wildman–Crippen LogP) is 1.42. The molecule has 3 heteroatoms. The number of hydrogen-bond donors (Lipinski definition) is 1. The number of aliphatic hydroxyl groups excluding tert-OH is 1. The number of halogens is 1. The summed E-state index contributed by atoms with van der Waals surface area (Å²) < 4.78 is 0.835. The second-order valence-corrected chi connectivity index (χ2v) is 3.80. The van der Waals surface area contributed by atoms with E-state index in [9.17, 15) is 0 Å². The van der Waals surface area contributed by atoms with Crippen molar-refractivity contribution in [1.29, 1.82) is 0 Å². The Labute approximate surface area is 74.4 Å². The van der Waals surface area contributed by atoms with Gasteiger partial charge in [-0.1, -0.05) is 11.6 Å². The van der Waals surface area contributed by atoms with Gasteiger partial charge in [0.05, 0.1) is 20.1 Å². The molecule has 0 aromatic carbocycles. The van der Waals surface area contributed by atoms with Crippen LogP contribution in [0.25, 0.3) is 0 Å². The van der Waals surface area contributed by atoms with Gasteiger partial charge in [-0.2, -0.15) is 0 Å². The minimum Gasteiger partial charge on any atom is -0.396 e. The smallest absolute Gasteiger partial charge is 0.161 e. The standard InChI is InChI=1S/C8H19ClNO/c1-4-10(3,8(2)9)6-5-7-11/h8,11H,4-7H2,1-3H3/q+1. The highest BCUT2D eigenvalue weighted by molar-refractivity contribution is 6.19. The van der Waals surface area contributed by atoms with Crippen LogP contribution in [0.3, 0.4) is 0 Å². The van der Waals surface area contributed by atoms with Crippen molar-refractivity contribution in [3.05, 3.63) is 0 Å². The van der Waals surface area contributed by atoms with E-state index in [0.717, 1.165) is 24.0 Å². The Morgan fingerprint density at radius 1 is 1.55 bits per heavy atom. The largest absolute Gasteiger partial charge is 0.396 e. The zero-order chi connectivity index (χ0) is 8.91. The van der Waals surface area contributed by atoms with Crippen molar-refractivity contribution in [2.75, 3.05) is 26.7 Å². The predicted molar refractivity (Wildman–Crippen MR) is 48.6 cm³/mol. The summed E-state index contributed by atoms with van der Waals surface area (Å²) in [6.45, 7) is 6.36. The van der Waals surface area contributed by atoms with Gasteiger partial charge in [0, 0.05) is 20.0 Å². The Morgan fingerprint density at radius 3 is 2.36 bits per heavy atom. The Morgan fingerprint density at radius 2 is 2.09 bits per heavy atom. The molecule has 0 heterocycles. The maximum atomic E-state index is 8.65. The first-order chi connectivity index (χ1) is 5.06. The molecule has 0 aromatic heterocycles. The monoisotopic (exact) mass is 180 g/mol. The number of hydrogen-bond acceptors (Lipinski definition) is 1. The topological polar surface area (TPSA) is 20.2 Å². The molecule has 0 spiro atoms. The Bertz CT molecular complexity index is 108. The molecule has 0 aliphatic carbocycles. The van der Waals surface area contributed by atoms with Crippen LogP contribution in [0.1, 0.15) is 20.3 Å². The van der Waals surface area contributed by atoms with Crippen molar-refractivity contribution in [1.82, 2.24) is 0 Å². The van der Waals surface area contributed by atoms with Gasteiger partial charge in [-0.05, 0) is 6.92 Å². The molecule has 2 nitrogen and oxygen atoms in total. The van der Waals surface area contributed by atoms with Crippen molar-refractivity contribution in [2.24, 2.45) is 0 Å². The Kier molecular flexibility index (Phi) is 5.06. The first-order valence-corrected chi connectivity index (χ1v) is 4.59. The van der Waals surface area contributed by atoms with Gasteiger partial charge in [-0.3, -0.25) is 0 Å². The van der Waals surface area contributed by atoms with Crippen molar-refractivity contribution in [3.63, 3.8) is 0 Å². The molecule has 0 fully saturated rings. The van der Waals surface area contributed by atoms with Gasteiger partial charge in [-0.15, -0.1) is 0 Å². The fourth-order valence-electron chi connectivity index (χ4n) is 1.02. The van der Waals surface area contributed by atoms with Gasteiger partial charge in [-0.25, -0.2) is 0 Å². The average molecular weight is 181 g/mol. The third-order valence-electron chi connectivity index (χ3n) is 2.41. The summed E-state index contributed by atoms with van der Waals surface area (Å²) in [5, 5.41) is 8.65. The fourth-order valence-corrected chi connectivity index (χ4v) is 1.26. The van der Waals surface area contributed by atoms with Crippen molar-refractivity contribution in [3.8, 4) is 0 Å². The lowest BCUT2D eigenvalue weighted by atomic mass is 10.3. The first-order valence-electron chi connectivity index (χ1n) is 4.16. The molecule has 0 aliphatic rings. The van der Waals surface area contributed by atoms with E-state index in [4.69, 9.17) is 16.7 Å². The molecule has 0 saturated carbocycles. The molecule has 0 aromatic rings. The third-order valence-corrected chi connectivity index (χ3v) is 2.88. The van der Waals surface area contributed by atoms with Gasteiger partial charge in [0.15, 0.2) is 5.50 Å². The van der Waals surface area contributed by atoms with Crippen LogP contribution in [-0.4, -0.2) is 41.8 Å². The van der Waals surface area contributed by atoms with Gasteiger partial charge in [0.2, 0.25) is 0 Å². The third kappa shape index (κ3) is 3.41. The van der Waals surface area contributed by atoms with Crippen LogP contribution >= 0.6 is 11.6 Å². The summed E-state index contributed by atoms with van der Waals surface area (Å²) in [6.07, 6.45) is 0.835. The number of aliphatic hydroxyl groups is 1. The van der Waals surface area contributed by atoms with E-state index in [2.05, 4.69) is 14.0 Å². The highest BCUT2D eigenvalue weighted by atomic mass is 35.5. The summed E-state index contributed by atoms with van der Waals surface area (Å²) in [5.74, 6) is 0. The maximum Gasteiger partial charge on any atom is 0.161 e. The molecule has 68 valence electrons. The van der Waals surface area contributed by atoms with E-state index in [1.165, 1.54) is 0 Å². The van der Waals surface area contributed by atoms with E-state index in [1.54, 1.807) is 0 Å². The van der Waals surface area contributed by atoms with E-state index in [-0.39, 0.29) is 12.1 Å². The molecule has 0 amide bonds. The molecule has 2 unspecified atom stereocenters. The molecule has 0 radical (unpaired) electrons.